The third-order valence-corrected chi connectivity index (χ3v) is 9.24. The SMILES string of the molecule is CC(C)CCNC(=O)[C@H](c1ccccc1)N(Cc1ccc(Cl)cc1)C(=O)COc1ccc(S(=O)(=O)N2CCOCC2)cc1. The van der Waals surface area contributed by atoms with Crippen molar-refractivity contribution in [1.82, 2.24) is 14.5 Å². The summed E-state index contributed by atoms with van der Waals surface area (Å²) in [5.41, 5.74) is 1.47. The van der Waals surface area contributed by atoms with Gasteiger partial charge in [0.25, 0.3) is 5.91 Å². The van der Waals surface area contributed by atoms with Gasteiger partial charge in [0.1, 0.15) is 11.8 Å². The summed E-state index contributed by atoms with van der Waals surface area (Å²) in [7, 11) is -3.66. The van der Waals surface area contributed by atoms with E-state index in [1.165, 1.54) is 33.5 Å². The van der Waals surface area contributed by atoms with E-state index in [4.69, 9.17) is 21.1 Å². The molecule has 1 fully saturated rings. The minimum Gasteiger partial charge on any atom is -0.484 e. The average molecular weight is 628 g/mol. The lowest BCUT2D eigenvalue weighted by Gasteiger charge is -2.31. The van der Waals surface area contributed by atoms with Crippen LogP contribution in [0, 0.1) is 5.92 Å². The van der Waals surface area contributed by atoms with E-state index in [-0.39, 0.29) is 24.0 Å². The summed E-state index contributed by atoms with van der Waals surface area (Å²) in [6.07, 6.45) is 0.804. The van der Waals surface area contributed by atoms with Crippen LogP contribution in [0.15, 0.2) is 83.8 Å². The molecule has 0 spiro atoms. The van der Waals surface area contributed by atoms with Crippen molar-refractivity contribution in [2.75, 3.05) is 39.5 Å². The molecule has 0 unspecified atom stereocenters. The van der Waals surface area contributed by atoms with Crippen molar-refractivity contribution in [3.05, 3.63) is 95.0 Å². The summed E-state index contributed by atoms with van der Waals surface area (Å²) in [6.45, 7) is 5.75. The number of nitrogens with one attached hydrogen (secondary N) is 1. The standard InChI is InChI=1S/C32H38ClN3O6S/c1-24(2)16-17-34-32(38)31(26-6-4-3-5-7-26)36(22-25-8-10-27(33)11-9-25)30(37)23-42-28-12-14-29(15-13-28)43(39,40)35-18-20-41-21-19-35/h3-15,24,31H,16-23H2,1-2H3,(H,34,38)/t31-/m0/s1. The largest absolute Gasteiger partial charge is 0.484 e. The van der Waals surface area contributed by atoms with E-state index >= 15 is 0 Å². The zero-order chi connectivity index (χ0) is 30.8. The maximum atomic E-state index is 13.8. The Morgan fingerprint density at radius 3 is 2.26 bits per heavy atom. The van der Waals surface area contributed by atoms with Gasteiger partial charge in [0.2, 0.25) is 15.9 Å². The van der Waals surface area contributed by atoms with Gasteiger partial charge in [-0.2, -0.15) is 4.31 Å². The number of sulfonamides is 1. The monoisotopic (exact) mass is 627 g/mol. The third-order valence-electron chi connectivity index (χ3n) is 7.08. The highest BCUT2D eigenvalue weighted by molar-refractivity contribution is 7.89. The molecule has 4 rings (SSSR count). The molecule has 43 heavy (non-hydrogen) atoms. The number of hydrogen-bond donors (Lipinski definition) is 1. The summed E-state index contributed by atoms with van der Waals surface area (Å²) in [6, 6.07) is 21.3. The summed E-state index contributed by atoms with van der Waals surface area (Å²) in [5.74, 6) is 0.0453. The second-order valence-electron chi connectivity index (χ2n) is 10.7. The maximum absolute atomic E-state index is 13.8. The van der Waals surface area contributed by atoms with Crippen molar-refractivity contribution in [3.63, 3.8) is 0 Å². The number of nitrogens with zero attached hydrogens (tertiary/aromatic N) is 2. The molecule has 1 heterocycles. The summed E-state index contributed by atoms with van der Waals surface area (Å²) in [5, 5.41) is 3.57. The number of amides is 2. The van der Waals surface area contributed by atoms with Gasteiger partial charge in [-0.15, -0.1) is 0 Å². The highest BCUT2D eigenvalue weighted by Crippen LogP contribution is 2.26. The molecule has 1 aliphatic rings. The van der Waals surface area contributed by atoms with Crippen LogP contribution in [0.25, 0.3) is 0 Å². The normalized spacial score (nSPS) is 14.7. The smallest absolute Gasteiger partial charge is 0.261 e. The van der Waals surface area contributed by atoms with Crippen LogP contribution in [0.3, 0.4) is 0 Å². The van der Waals surface area contributed by atoms with Gasteiger partial charge in [-0.05, 0) is 59.9 Å². The first kappa shape index (κ1) is 32.5. The zero-order valence-corrected chi connectivity index (χ0v) is 26.0. The molecule has 9 nitrogen and oxygen atoms in total. The fraction of sp³-hybridized carbons (Fsp3) is 0.375. The van der Waals surface area contributed by atoms with E-state index in [0.717, 1.165) is 12.0 Å². The predicted molar refractivity (Wildman–Crippen MR) is 165 cm³/mol. The van der Waals surface area contributed by atoms with Crippen LogP contribution in [0.2, 0.25) is 5.02 Å². The molecule has 0 aromatic heterocycles. The molecule has 1 atom stereocenters. The van der Waals surface area contributed by atoms with Crippen LogP contribution in [0.5, 0.6) is 5.75 Å². The number of carbonyl (C=O) groups is 2. The first-order chi connectivity index (χ1) is 20.6. The van der Waals surface area contributed by atoms with Gasteiger partial charge < -0.3 is 19.7 Å². The number of hydrogen-bond acceptors (Lipinski definition) is 6. The fourth-order valence-corrected chi connectivity index (χ4v) is 6.20. The van der Waals surface area contributed by atoms with E-state index in [2.05, 4.69) is 19.2 Å². The Labute approximate surface area is 258 Å². The predicted octanol–water partition coefficient (Wildman–Crippen LogP) is 4.67. The average Bonchev–Trinajstić information content (AvgIpc) is 3.01. The number of ether oxygens (including phenoxy) is 2. The van der Waals surface area contributed by atoms with E-state index in [1.54, 1.807) is 12.1 Å². The molecule has 11 heteroatoms. The van der Waals surface area contributed by atoms with Crippen LogP contribution < -0.4 is 10.1 Å². The Hall–Kier alpha value is -3.44. The van der Waals surface area contributed by atoms with Crippen molar-refractivity contribution >= 4 is 33.4 Å². The van der Waals surface area contributed by atoms with Gasteiger partial charge >= 0.3 is 0 Å². The first-order valence-electron chi connectivity index (χ1n) is 14.3. The molecule has 0 aliphatic carbocycles. The highest BCUT2D eigenvalue weighted by atomic mass is 35.5. The number of carbonyl (C=O) groups excluding carboxylic acids is 2. The zero-order valence-electron chi connectivity index (χ0n) is 24.4. The van der Waals surface area contributed by atoms with Gasteiger partial charge in [-0.1, -0.05) is 67.9 Å². The van der Waals surface area contributed by atoms with Gasteiger partial charge in [-0.25, -0.2) is 8.42 Å². The van der Waals surface area contributed by atoms with Crippen LogP contribution in [0.1, 0.15) is 37.4 Å². The summed E-state index contributed by atoms with van der Waals surface area (Å²) in [4.78, 5) is 29.1. The van der Waals surface area contributed by atoms with Gasteiger partial charge in [0.15, 0.2) is 6.61 Å². The molecule has 0 radical (unpaired) electrons. The van der Waals surface area contributed by atoms with Crippen LogP contribution in [-0.2, 0) is 30.9 Å². The number of morpholine rings is 1. The molecule has 1 saturated heterocycles. The van der Waals surface area contributed by atoms with Crippen molar-refractivity contribution in [2.45, 2.75) is 37.8 Å². The molecule has 0 bridgehead atoms. The van der Waals surface area contributed by atoms with E-state index in [9.17, 15) is 18.0 Å². The Bertz CT molecular complexity index is 1440. The van der Waals surface area contributed by atoms with Gasteiger partial charge in [-0.3, -0.25) is 9.59 Å². The Kier molecular flexibility index (Phi) is 11.6. The second-order valence-corrected chi connectivity index (χ2v) is 13.1. The van der Waals surface area contributed by atoms with E-state index < -0.39 is 22.0 Å². The lowest BCUT2D eigenvalue weighted by Crippen LogP contribution is -2.45. The number of benzene rings is 3. The maximum Gasteiger partial charge on any atom is 0.261 e. The van der Waals surface area contributed by atoms with Crippen molar-refractivity contribution < 1.29 is 27.5 Å². The minimum atomic E-state index is -3.66. The first-order valence-corrected chi connectivity index (χ1v) is 16.1. The lowest BCUT2D eigenvalue weighted by atomic mass is 10.0. The number of halogens is 1. The van der Waals surface area contributed by atoms with Gasteiger partial charge in [0, 0.05) is 31.2 Å². The molecular formula is C32H38ClN3O6S. The highest BCUT2D eigenvalue weighted by Gasteiger charge is 2.32. The van der Waals surface area contributed by atoms with Gasteiger partial charge in [0.05, 0.1) is 18.1 Å². The fourth-order valence-electron chi connectivity index (χ4n) is 4.67. The Morgan fingerprint density at radius 1 is 0.977 bits per heavy atom. The Balaban J connectivity index is 1.54. The second kappa shape index (κ2) is 15.3. The molecule has 0 saturated carbocycles. The quantitative estimate of drug-likeness (QED) is 0.295. The third kappa shape index (κ3) is 9.03. The molecule has 3 aromatic carbocycles. The molecule has 230 valence electrons. The van der Waals surface area contributed by atoms with Crippen molar-refractivity contribution in [1.29, 1.82) is 0 Å². The molecule has 1 aliphatic heterocycles. The molecule has 3 aromatic rings. The topological polar surface area (TPSA) is 105 Å². The lowest BCUT2D eigenvalue weighted by molar-refractivity contribution is -0.143. The van der Waals surface area contributed by atoms with Crippen molar-refractivity contribution in [2.24, 2.45) is 5.92 Å². The van der Waals surface area contributed by atoms with E-state index in [0.29, 0.717) is 55.1 Å². The summed E-state index contributed by atoms with van der Waals surface area (Å²) < 4.78 is 38.4. The van der Waals surface area contributed by atoms with Crippen LogP contribution >= 0.6 is 11.6 Å². The molecule has 1 N–H and O–H groups in total. The Morgan fingerprint density at radius 2 is 1.63 bits per heavy atom. The molecule has 2 amide bonds. The molecular weight excluding hydrogens is 590 g/mol. The number of rotatable bonds is 13. The van der Waals surface area contributed by atoms with E-state index in [1.807, 2.05) is 42.5 Å². The van der Waals surface area contributed by atoms with Crippen LogP contribution in [-0.4, -0.2) is 68.9 Å². The van der Waals surface area contributed by atoms with Crippen LogP contribution in [0.4, 0.5) is 0 Å². The summed E-state index contributed by atoms with van der Waals surface area (Å²) >= 11 is 6.09. The van der Waals surface area contributed by atoms with Crippen molar-refractivity contribution in [3.8, 4) is 5.75 Å². The minimum absolute atomic E-state index is 0.139.